The lowest BCUT2D eigenvalue weighted by Gasteiger charge is -2.06. The van der Waals surface area contributed by atoms with Gasteiger partial charge < -0.3 is 5.32 Å². The zero-order valence-corrected chi connectivity index (χ0v) is 14.2. The first-order valence-electron chi connectivity index (χ1n) is 7.13. The van der Waals surface area contributed by atoms with Crippen LogP contribution in [-0.2, 0) is 7.05 Å². The molecule has 0 unspecified atom stereocenters. The number of halogens is 1. The van der Waals surface area contributed by atoms with Gasteiger partial charge in [-0.2, -0.15) is 5.10 Å². The van der Waals surface area contributed by atoms with Crippen molar-refractivity contribution in [3.8, 4) is 11.3 Å². The molecule has 0 bridgehead atoms. The first-order chi connectivity index (χ1) is 11.6. The highest BCUT2D eigenvalue weighted by atomic mass is 35.5. The molecule has 8 heteroatoms. The number of amides is 1. The number of hydrogen-bond acceptors (Lipinski definition) is 4. The molecular formula is C16H12ClN5OS. The molecule has 0 aliphatic rings. The van der Waals surface area contributed by atoms with Crippen LogP contribution in [0, 0.1) is 0 Å². The van der Waals surface area contributed by atoms with E-state index in [0.717, 1.165) is 16.2 Å². The standard InChI is InChI=1S/C16H12ClN5OS/c1-21-14(12(17)8-18-21)15(23)19-11-4-2-10(3-5-11)13-9-22-6-7-24-16(22)20-13/h2-9H,1H3,(H,19,23). The molecular weight excluding hydrogens is 346 g/mol. The maximum absolute atomic E-state index is 12.3. The van der Waals surface area contributed by atoms with Crippen LogP contribution in [0.5, 0.6) is 0 Å². The molecule has 3 aromatic heterocycles. The van der Waals surface area contributed by atoms with E-state index in [1.54, 1.807) is 18.4 Å². The minimum absolute atomic E-state index is 0.296. The quantitative estimate of drug-likeness (QED) is 0.608. The van der Waals surface area contributed by atoms with Gasteiger partial charge in [0.2, 0.25) is 0 Å². The molecule has 0 radical (unpaired) electrons. The summed E-state index contributed by atoms with van der Waals surface area (Å²) in [6.45, 7) is 0. The van der Waals surface area contributed by atoms with E-state index in [-0.39, 0.29) is 5.91 Å². The molecule has 0 aliphatic heterocycles. The molecule has 120 valence electrons. The first-order valence-corrected chi connectivity index (χ1v) is 8.39. The smallest absolute Gasteiger partial charge is 0.275 e. The summed E-state index contributed by atoms with van der Waals surface area (Å²) < 4.78 is 3.43. The molecule has 0 spiro atoms. The topological polar surface area (TPSA) is 64.2 Å². The number of thiazole rings is 1. The highest BCUT2D eigenvalue weighted by molar-refractivity contribution is 7.15. The van der Waals surface area contributed by atoms with Crippen LogP contribution in [0.1, 0.15) is 10.5 Å². The van der Waals surface area contributed by atoms with Crippen molar-refractivity contribution in [1.82, 2.24) is 19.2 Å². The summed E-state index contributed by atoms with van der Waals surface area (Å²) in [6, 6.07) is 7.52. The van der Waals surface area contributed by atoms with E-state index in [1.165, 1.54) is 10.9 Å². The number of aryl methyl sites for hydroxylation is 1. The van der Waals surface area contributed by atoms with Crippen molar-refractivity contribution in [2.45, 2.75) is 0 Å². The Balaban J connectivity index is 1.55. The second-order valence-corrected chi connectivity index (χ2v) is 6.50. The Morgan fingerprint density at radius 1 is 1.29 bits per heavy atom. The fourth-order valence-corrected chi connectivity index (χ4v) is 3.40. The Bertz CT molecular complexity index is 983. The lowest BCUT2D eigenvalue weighted by molar-refractivity contribution is 0.101. The Morgan fingerprint density at radius 2 is 2.08 bits per heavy atom. The van der Waals surface area contributed by atoms with Crippen LogP contribution < -0.4 is 5.32 Å². The van der Waals surface area contributed by atoms with E-state index in [4.69, 9.17) is 11.6 Å². The largest absolute Gasteiger partial charge is 0.321 e. The van der Waals surface area contributed by atoms with E-state index in [2.05, 4.69) is 15.4 Å². The van der Waals surface area contributed by atoms with Gasteiger partial charge in [-0.05, 0) is 12.1 Å². The van der Waals surface area contributed by atoms with Crippen LogP contribution >= 0.6 is 22.9 Å². The van der Waals surface area contributed by atoms with E-state index in [9.17, 15) is 4.79 Å². The lowest BCUT2D eigenvalue weighted by Crippen LogP contribution is -2.16. The molecule has 1 amide bonds. The highest BCUT2D eigenvalue weighted by Gasteiger charge is 2.15. The molecule has 0 saturated heterocycles. The van der Waals surface area contributed by atoms with E-state index in [0.29, 0.717) is 16.4 Å². The molecule has 1 aromatic carbocycles. The van der Waals surface area contributed by atoms with Gasteiger partial charge in [0.1, 0.15) is 5.69 Å². The molecule has 0 saturated carbocycles. The van der Waals surface area contributed by atoms with E-state index in [1.807, 2.05) is 46.4 Å². The molecule has 1 N–H and O–H groups in total. The summed E-state index contributed by atoms with van der Waals surface area (Å²) in [5.74, 6) is -0.296. The fourth-order valence-electron chi connectivity index (χ4n) is 2.45. The summed E-state index contributed by atoms with van der Waals surface area (Å²) in [4.78, 5) is 17.8. The third-order valence-electron chi connectivity index (χ3n) is 3.64. The zero-order chi connectivity index (χ0) is 16.7. The van der Waals surface area contributed by atoms with E-state index >= 15 is 0 Å². The number of nitrogens with one attached hydrogen (secondary N) is 1. The fraction of sp³-hybridized carbons (Fsp3) is 0.0625. The molecule has 0 aliphatic carbocycles. The van der Waals surface area contributed by atoms with Gasteiger partial charge in [-0.1, -0.05) is 23.7 Å². The van der Waals surface area contributed by atoms with Crippen LogP contribution in [0.3, 0.4) is 0 Å². The maximum atomic E-state index is 12.3. The van der Waals surface area contributed by atoms with Crippen molar-refractivity contribution in [2.75, 3.05) is 5.32 Å². The van der Waals surface area contributed by atoms with Crippen LogP contribution in [0.2, 0.25) is 5.02 Å². The Hall–Kier alpha value is -2.64. The number of nitrogens with zero attached hydrogens (tertiary/aromatic N) is 4. The van der Waals surface area contributed by atoms with Crippen LogP contribution in [0.4, 0.5) is 5.69 Å². The average molecular weight is 358 g/mol. The summed E-state index contributed by atoms with van der Waals surface area (Å²) in [5.41, 5.74) is 2.90. The molecule has 4 rings (SSSR count). The monoisotopic (exact) mass is 357 g/mol. The van der Waals surface area contributed by atoms with Gasteiger partial charge in [-0.25, -0.2) is 4.98 Å². The van der Waals surface area contributed by atoms with Crippen molar-refractivity contribution >= 4 is 39.5 Å². The molecule has 6 nitrogen and oxygen atoms in total. The summed E-state index contributed by atoms with van der Waals surface area (Å²) in [7, 11) is 1.67. The zero-order valence-electron chi connectivity index (χ0n) is 12.6. The number of carbonyl (C=O) groups is 1. The van der Waals surface area contributed by atoms with Gasteiger partial charge >= 0.3 is 0 Å². The maximum Gasteiger partial charge on any atom is 0.275 e. The van der Waals surface area contributed by atoms with Crippen LogP contribution in [0.25, 0.3) is 16.2 Å². The van der Waals surface area contributed by atoms with Crippen molar-refractivity contribution in [1.29, 1.82) is 0 Å². The SMILES string of the molecule is Cn1ncc(Cl)c1C(=O)Nc1ccc(-c2cn3ccsc3n2)cc1. The number of aromatic nitrogens is 4. The third-order valence-corrected chi connectivity index (χ3v) is 4.69. The minimum Gasteiger partial charge on any atom is -0.321 e. The summed E-state index contributed by atoms with van der Waals surface area (Å²) in [6.07, 6.45) is 5.40. The van der Waals surface area contributed by atoms with E-state index < -0.39 is 0 Å². The van der Waals surface area contributed by atoms with Crippen LogP contribution in [-0.4, -0.2) is 25.1 Å². The third kappa shape index (κ3) is 2.57. The number of rotatable bonds is 3. The van der Waals surface area contributed by atoms with Gasteiger partial charge in [0.05, 0.1) is 16.9 Å². The van der Waals surface area contributed by atoms with Crippen molar-refractivity contribution < 1.29 is 4.79 Å². The van der Waals surface area contributed by atoms with Gasteiger partial charge in [-0.3, -0.25) is 13.9 Å². The second-order valence-electron chi connectivity index (χ2n) is 5.22. The molecule has 0 atom stereocenters. The van der Waals surface area contributed by atoms with Crippen molar-refractivity contribution in [3.63, 3.8) is 0 Å². The van der Waals surface area contributed by atoms with Gasteiger partial charge in [0.25, 0.3) is 5.91 Å². The lowest BCUT2D eigenvalue weighted by atomic mass is 10.1. The number of anilines is 1. The predicted molar refractivity (Wildman–Crippen MR) is 94.7 cm³/mol. The predicted octanol–water partition coefficient (Wildman–Crippen LogP) is 3.70. The second kappa shape index (κ2) is 5.77. The van der Waals surface area contributed by atoms with Crippen molar-refractivity contribution in [2.24, 2.45) is 7.05 Å². The first kappa shape index (κ1) is 14.9. The number of benzene rings is 1. The molecule has 3 heterocycles. The number of hydrogen-bond donors (Lipinski definition) is 1. The number of imidazole rings is 1. The summed E-state index contributed by atoms with van der Waals surface area (Å²) >= 11 is 7.58. The molecule has 24 heavy (non-hydrogen) atoms. The highest BCUT2D eigenvalue weighted by Crippen LogP contribution is 2.23. The van der Waals surface area contributed by atoms with Gasteiger partial charge in [0.15, 0.2) is 4.96 Å². The molecule has 4 aromatic rings. The van der Waals surface area contributed by atoms with Gasteiger partial charge in [-0.15, -0.1) is 11.3 Å². The van der Waals surface area contributed by atoms with Crippen LogP contribution in [0.15, 0.2) is 48.2 Å². The Kier molecular flexibility index (Phi) is 3.59. The Morgan fingerprint density at radius 3 is 2.75 bits per heavy atom. The summed E-state index contributed by atoms with van der Waals surface area (Å²) in [5, 5.41) is 9.10. The number of carbonyl (C=O) groups excluding carboxylic acids is 1. The minimum atomic E-state index is -0.296. The molecule has 0 fully saturated rings. The van der Waals surface area contributed by atoms with Gasteiger partial charge in [0, 0.05) is 36.1 Å². The number of fused-ring (bicyclic) bond motifs is 1. The Labute approximate surface area is 146 Å². The van der Waals surface area contributed by atoms with Crippen molar-refractivity contribution in [3.05, 3.63) is 59.0 Å². The normalized spacial score (nSPS) is 11.1. The average Bonchev–Trinajstić information content (AvgIpc) is 3.23.